The molecule has 1 aliphatic carbocycles. The lowest BCUT2D eigenvalue weighted by Crippen LogP contribution is -2.66. The Morgan fingerprint density at radius 3 is 0.875 bits per heavy atom. The maximum atomic E-state index is 12.2. The highest BCUT2D eigenvalue weighted by Crippen LogP contribution is 2.63. The van der Waals surface area contributed by atoms with Crippen LogP contribution in [0.1, 0.15) is 0 Å². The van der Waals surface area contributed by atoms with E-state index in [1.54, 1.807) is 0 Å². The molecule has 0 bridgehead atoms. The molecule has 0 radical (unpaired) electrons. The summed E-state index contributed by atoms with van der Waals surface area (Å²) >= 11 is 0. The first-order chi connectivity index (χ1) is 17.3. The smallest absolute Gasteiger partial charge is 0.387 e. The lowest BCUT2D eigenvalue weighted by molar-refractivity contribution is -0.205. The fraction of sp³-hybridized carbons (Fsp3) is 1.00. The molecule has 34 heteroatoms. The van der Waals surface area contributed by atoms with Crippen molar-refractivity contribution in [3.63, 3.8) is 0 Å². The normalized spacial score (nSPS) is 30.4. The molecule has 1 aliphatic rings. The number of phosphoric acid groups is 7. The summed E-state index contributed by atoms with van der Waals surface area (Å²) in [4.78, 5) is 109. The van der Waals surface area contributed by atoms with Gasteiger partial charge in [0.2, 0.25) is 0 Å². The van der Waals surface area contributed by atoms with E-state index in [-0.39, 0.29) is 0 Å². The van der Waals surface area contributed by atoms with Gasteiger partial charge in [0.25, 0.3) is 0 Å². The minimum atomic E-state index is -6.39. The van der Waals surface area contributed by atoms with E-state index in [2.05, 4.69) is 31.2 Å². The molecule has 8 atom stereocenters. The Bertz CT molecular complexity index is 1230. The average molecular weight is 740 g/mol. The van der Waals surface area contributed by atoms with Crippen molar-refractivity contribution in [2.24, 2.45) is 0 Å². The first kappa shape index (κ1) is 38.8. The highest BCUT2D eigenvalue weighted by molar-refractivity contribution is 7.61. The Labute approximate surface area is 219 Å². The zero-order valence-electron chi connectivity index (χ0n) is 18.1. The van der Waals surface area contributed by atoms with Gasteiger partial charge in [0, 0.05) is 0 Å². The highest BCUT2D eigenvalue weighted by Gasteiger charge is 2.61. The second-order valence-corrected chi connectivity index (χ2v) is 16.0. The van der Waals surface area contributed by atoms with Crippen molar-refractivity contribution in [3.05, 3.63) is 0 Å². The molecule has 1 rings (SSSR count). The van der Waals surface area contributed by atoms with Crippen LogP contribution in [0.2, 0.25) is 0 Å². The van der Waals surface area contributed by atoms with Gasteiger partial charge in [-0.2, -0.15) is 8.62 Å². The van der Waals surface area contributed by atoms with Gasteiger partial charge in [-0.25, -0.2) is 32.0 Å². The number of aliphatic hydroxyl groups excluding tert-OH is 1. The summed E-state index contributed by atoms with van der Waals surface area (Å²) in [5, 5.41) is 10.5. The van der Waals surface area contributed by atoms with Gasteiger partial charge in [-0.05, 0) is 0 Å². The molecule has 1 fully saturated rings. The van der Waals surface area contributed by atoms with E-state index >= 15 is 0 Å². The van der Waals surface area contributed by atoms with Gasteiger partial charge in [0.1, 0.15) is 36.6 Å². The molecule has 0 amide bonds. The molecule has 27 nitrogen and oxygen atoms in total. The van der Waals surface area contributed by atoms with Crippen molar-refractivity contribution in [1.82, 2.24) is 0 Å². The van der Waals surface area contributed by atoms with E-state index in [9.17, 15) is 56.6 Å². The second kappa shape index (κ2) is 13.0. The molecule has 0 aromatic heterocycles. The monoisotopic (exact) mass is 740 g/mol. The third kappa shape index (κ3) is 14.5. The third-order valence-corrected chi connectivity index (χ3v) is 9.60. The minimum absolute atomic E-state index is 3.13. The van der Waals surface area contributed by atoms with E-state index in [1.165, 1.54) is 0 Å². The van der Waals surface area contributed by atoms with E-state index in [1.807, 2.05) is 0 Å². The molecule has 2 unspecified atom stereocenters. The first-order valence-corrected chi connectivity index (χ1v) is 19.4. The lowest BCUT2D eigenvalue weighted by atomic mass is 9.85. The number of rotatable bonds is 14. The summed E-state index contributed by atoms with van der Waals surface area (Å²) in [6.07, 6.45) is -19.5. The summed E-state index contributed by atoms with van der Waals surface area (Å²) < 4.78 is 108. The van der Waals surface area contributed by atoms with E-state index < -0.39 is 91.4 Å². The first-order valence-electron chi connectivity index (χ1n) is 8.76. The highest BCUT2D eigenvalue weighted by atomic mass is 31.3. The Morgan fingerprint density at radius 2 is 0.575 bits per heavy atom. The van der Waals surface area contributed by atoms with Crippen molar-refractivity contribution in [2.45, 2.75) is 36.6 Å². The predicted molar refractivity (Wildman–Crippen MR) is 112 cm³/mol. The van der Waals surface area contributed by atoms with Gasteiger partial charge in [-0.1, -0.05) is 0 Å². The quantitative estimate of drug-likeness (QED) is 0.0788. The Hall–Kier alpha value is 0.810. The maximum Gasteiger partial charge on any atom is 0.481 e. The van der Waals surface area contributed by atoms with Crippen LogP contribution < -0.4 is 0 Å². The Morgan fingerprint density at radius 1 is 0.350 bits per heavy atom. The zero-order chi connectivity index (χ0) is 31.9. The number of phosphoric ester groups is 5. The number of aliphatic hydroxyl groups is 1. The lowest BCUT2D eigenvalue weighted by Gasteiger charge is -2.47. The van der Waals surface area contributed by atoms with Gasteiger partial charge in [0.05, 0.1) is 0 Å². The molecule has 0 aromatic rings. The topological polar surface area (TPSA) is 447 Å². The Balaban J connectivity index is 3.95. The largest absolute Gasteiger partial charge is 0.481 e. The molecule has 13 N–H and O–H groups in total. The minimum Gasteiger partial charge on any atom is -0.387 e. The van der Waals surface area contributed by atoms with Crippen LogP contribution in [0.15, 0.2) is 0 Å². The molecule has 0 saturated heterocycles. The summed E-state index contributed by atoms with van der Waals surface area (Å²) in [6, 6.07) is 0. The van der Waals surface area contributed by atoms with Gasteiger partial charge in [-0.3, -0.25) is 22.6 Å². The van der Waals surface area contributed by atoms with Crippen LogP contribution in [0.4, 0.5) is 0 Å². The SMILES string of the molecule is O=P(O)(O)O[C@@H]1[C@@H](OP(=O)(O)OP(=O)(O)O)[C@H](OP(=O)(O)OP(=O)(O)O)[C@@H](O)[C@H](OP(=O)(O)O)[C@@H]1OP(=O)(O)O. The van der Waals surface area contributed by atoms with Crippen molar-refractivity contribution in [1.29, 1.82) is 0 Å². The molecular formula is C6H19O27P7. The molecule has 0 aromatic carbocycles. The molecule has 0 aliphatic heterocycles. The van der Waals surface area contributed by atoms with Crippen molar-refractivity contribution >= 4 is 54.8 Å². The van der Waals surface area contributed by atoms with Crippen molar-refractivity contribution < 1.29 is 127 Å². The number of hydrogen-bond donors (Lipinski definition) is 13. The van der Waals surface area contributed by atoms with Crippen LogP contribution >= 0.6 is 54.8 Å². The van der Waals surface area contributed by atoms with Crippen LogP contribution in [0.3, 0.4) is 0 Å². The summed E-state index contributed by atoms with van der Waals surface area (Å²) in [5.74, 6) is 0. The van der Waals surface area contributed by atoms with Crippen LogP contribution in [0.25, 0.3) is 0 Å². The molecule has 1 saturated carbocycles. The van der Waals surface area contributed by atoms with Crippen molar-refractivity contribution in [3.8, 4) is 0 Å². The average Bonchev–Trinajstić information content (AvgIpc) is 2.57. The van der Waals surface area contributed by atoms with Crippen molar-refractivity contribution in [2.75, 3.05) is 0 Å². The van der Waals surface area contributed by atoms with E-state index in [0.29, 0.717) is 0 Å². The standard InChI is InChI=1S/C6H19O27P7/c7-1-2(27-34(8,9)10)4(28-35(11,12)13)6(29-36(14,15)16)5(31-40(25,26)33-38(20,21)22)3(1)30-39(23,24)32-37(17,18)19/h1-7H,(H,23,24)(H,25,26)(H2,8,9,10)(H2,11,12,13)(H2,14,15,16)(H2,17,18,19)(H2,20,21,22)/t1-,2-,3+,4-,5-,6-/m0/s1. The van der Waals surface area contributed by atoms with Crippen LogP contribution in [0.5, 0.6) is 0 Å². The molecule has 40 heavy (non-hydrogen) atoms. The third-order valence-electron chi connectivity index (χ3n) is 3.67. The Kier molecular flexibility index (Phi) is 12.7. The molecule has 240 valence electrons. The fourth-order valence-corrected chi connectivity index (χ4v) is 8.07. The van der Waals surface area contributed by atoms with E-state index in [0.717, 1.165) is 0 Å². The fourth-order valence-electron chi connectivity index (χ4n) is 2.83. The van der Waals surface area contributed by atoms with Gasteiger partial charge in [0.15, 0.2) is 0 Å². The van der Waals surface area contributed by atoms with Crippen LogP contribution in [0, 0.1) is 0 Å². The second-order valence-electron chi connectivity index (χ2n) is 6.89. The van der Waals surface area contributed by atoms with Gasteiger partial charge < -0.3 is 63.8 Å². The predicted octanol–water partition coefficient (Wildman–Crippen LogP) is -3.02. The molecule has 0 heterocycles. The molecule has 0 spiro atoms. The van der Waals surface area contributed by atoms with E-state index in [4.69, 9.17) is 39.1 Å². The zero-order valence-corrected chi connectivity index (χ0v) is 24.4. The molecular weight excluding hydrogens is 721 g/mol. The van der Waals surface area contributed by atoms with Crippen LogP contribution in [-0.2, 0) is 63.2 Å². The van der Waals surface area contributed by atoms with Gasteiger partial charge in [-0.15, -0.1) is 0 Å². The summed E-state index contributed by atoms with van der Waals surface area (Å²) in [7, 11) is -43.0. The number of hydrogen-bond acceptors (Lipinski definition) is 15. The van der Waals surface area contributed by atoms with Crippen LogP contribution in [-0.4, -0.2) is 100 Å². The maximum absolute atomic E-state index is 12.2. The summed E-state index contributed by atoms with van der Waals surface area (Å²) in [6.45, 7) is 0. The van der Waals surface area contributed by atoms with Gasteiger partial charge >= 0.3 is 54.8 Å². The summed E-state index contributed by atoms with van der Waals surface area (Å²) in [5.41, 5.74) is 0.